The number of phenolic OH excluding ortho intramolecular Hbond substituents is 2. The zero-order valence-corrected chi connectivity index (χ0v) is 13.8. The van der Waals surface area contributed by atoms with Gasteiger partial charge in [-0.05, 0) is 23.8 Å². The Bertz CT molecular complexity index is 1060. The Morgan fingerprint density at radius 3 is 2.00 bits per heavy atom. The van der Waals surface area contributed by atoms with Crippen LogP contribution in [-0.4, -0.2) is 28.9 Å². The topological polar surface area (TPSA) is 83.8 Å². The monoisotopic (exact) mass is 346 g/mol. The van der Waals surface area contributed by atoms with Gasteiger partial charge in [0.25, 0.3) is 0 Å². The molecule has 3 aromatic rings. The summed E-state index contributed by atoms with van der Waals surface area (Å²) in [7, 11) is 1.53. The largest absolute Gasteiger partial charge is 0.504 e. The van der Waals surface area contributed by atoms with Crippen molar-refractivity contribution in [2.75, 3.05) is 7.11 Å². The van der Waals surface area contributed by atoms with Crippen molar-refractivity contribution in [2.24, 2.45) is 0 Å². The fraction of sp³-hybridized carbons (Fsp3) is 0.0476. The van der Waals surface area contributed by atoms with Crippen molar-refractivity contribution in [3.05, 3.63) is 76.9 Å². The second-order valence-electron chi connectivity index (χ2n) is 5.97. The number of hydrogen-bond acceptors (Lipinski definition) is 5. The third-order valence-electron chi connectivity index (χ3n) is 4.55. The Balaban J connectivity index is 2.03. The maximum absolute atomic E-state index is 13.1. The van der Waals surface area contributed by atoms with E-state index in [9.17, 15) is 19.8 Å². The number of phenols is 2. The molecule has 2 N–H and O–H groups in total. The first-order chi connectivity index (χ1) is 12.5. The predicted molar refractivity (Wildman–Crippen MR) is 95.1 cm³/mol. The van der Waals surface area contributed by atoms with Crippen molar-refractivity contribution < 1.29 is 24.5 Å². The van der Waals surface area contributed by atoms with Crippen LogP contribution < -0.4 is 4.74 Å². The molecule has 0 aromatic heterocycles. The minimum absolute atomic E-state index is 0.0785. The lowest BCUT2D eigenvalue weighted by Gasteiger charge is -2.21. The Hall–Kier alpha value is -3.60. The van der Waals surface area contributed by atoms with Crippen molar-refractivity contribution in [3.63, 3.8) is 0 Å². The first-order valence-corrected chi connectivity index (χ1v) is 7.94. The van der Waals surface area contributed by atoms with E-state index in [4.69, 9.17) is 4.74 Å². The van der Waals surface area contributed by atoms with Crippen LogP contribution in [0, 0.1) is 0 Å². The molecule has 0 bridgehead atoms. The van der Waals surface area contributed by atoms with Gasteiger partial charge >= 0.3 is 0 Å². The van der Waals surface area contributed by atoms with Gasteiger partial charge in [-0.2, -0.15) is 0 Å². The van der Waals surface area contributed by atoms with Gasteiger partial charge in [0.1, 0.15) is 5.75 Å². The number of carbonyl (C=O) groups is 2. The van der Waals surface area contributed by atoms with Crippen LogP contribution in [0.5, 0.6) is 17.2 Å². The predicted octanol–water partition coefficient (Wildman–Crippen LogP) is 3.55. The molecule has 0 radical (unpaired) electrons. The number of benzene rings is 3. The maximum Gasteiger partial charge on any atom is 0.195 e. The van der Waals surface area contributed by atoms with Crippen molar-refractivity contribution in [2.45, 2.75) is 0 Å². The molecule has 0 aliphatic heterocycles. The zero-order valence-electron chi connectivity index (χ0n) is 13.8. The first kappa shape index (κ1) is 15.9. The summed E-state index contributed by atoms with van der Waals surface area (Å²) >= 11 is 0. The lowest BCUT2D eigenvalue weighted by molar-refractivity contribution is 0.0979. The molecule has 0 amide bonds. The van der Waals surface area contributed by atoms with Crippen LogP contribution in [0.3, 0.4) is 0 Å². The van der Waals surface area contributed by atoms with Crippen molar-refractivity contribution >= 4 is 11.6 Å². The molecule has 1 aliphatic carbocycles. The van der Waals surface area contributed by atoms with Crippen LogP contribution in [0.15, 0.2) is 54.6 Å². The van der Waals surface area contributed by atoms with Gasteiger partial charge in [0.15, 0.2) is 23.1 Å². The quantitative estimate of drug-likeness (QED) is 0.542. The smallest absolute Gasteiger partial charge is 0.195 e. The number of aromatic hydroxyl groups is 2. The summed E-state index contributed by atoms with van der Waals surface area (Å²) in [5.41, 5.74) is 1.37. The third kappa shape index (κ3) is 2.18. The Labute approximate surface area is 149 Å². The summed E-state index contributed by atoms with van der Waals surface area (Å²) in [6.45, 7) is 0. The van der Waals surface area contributed by atoms with Crippen LogP contribution in [0.1, 0.15) is 31.8 Å². The van der Waals surface area contributed by atoms with Crippen molar-refractivity contribution in [1.29, 1.82) is 0 Å². The molecule has 4 rings (SSSR count). The van der Waals surface area contributed by atoms with Gasteiger partial charge in [0.05, 0.1) is 7.11 Å². The van der Waals surface area contributed by atoms with E-state index in [1.165, 1.54) is 7.11 Å². The zero-order chi connectivity index (χ0) is 18.4. The Morgan fingerprint density at radius 1 is 0.769 bits per heavy atom. The van der Waals surface area contributed by atoms with Crippen LogP contribution in [0.2, 0.25) is 0 Å². The second kappa shape index (κ2) is 5.74. The minimum Gasteiger partial charge on any atom is -0.504 e. The summed E-state index contributed by atoms with van der Waals surface area (Å²) in [6, 6.07) is 14.3. The van der Waals surface area contributed by atoms with Crippen molar-refractivity contribution in [1.82, 2.24) is 0 Å². The van der Waals surface area contributed by atoms with E-state index in [0.29, 0.717) is 11.3 Å². The van der Waals surface area contributed by atoms with E-state index >= 15 is 0 Å². The molecule has 26 heavy (non-hydrogen) atoms. The fourth-order valence-corrected chi connectivity index (χ4v) is 3.27. The normalized spacial score (nSPS) is 12.5. The summed E-state index contributed by atoms with van der Waals surface area (Å²) in [4.78, 5) is 25.9. The average molecular weight is 346 g/mol. The maximum atomic E-state index is 13.1. The molecule has 0 saturated carbocycles. The van der Waals surface area contributed by atoms with Gasteiger partial charge in [-0.3, -0.25) is 9.59 Å². The first-order valence-electron chi connectivity index (χ1n) is 7.94. The lowest BCUT2D eigenvalue weighted by atomic mass is 9.80. The van der Waals surface area contributed by atoms with Crippen LogP contribution in [0.4, 0.5) is 0 Å². The highest BCUT2D eigenvalue weighted by Gasteiger charge is 2.34. The highest BCUT2D eigenvalue weighted by molar-refractivity contribution is 6.30. The number of fused-ring (bicyclic) bond motifs is 2. The molecule has 0 unspecified atom stereocenters. The summed E-state index contributed by atoms with van der Waals surface area (Å²) in [5, 5.41) is 20.6. The molecule has 0 saturated heterocycles. The molecular weight excluding hydrogens is 332 g/mol. The van der Waals surface area contributed by atoms with E-state index in [2.05, 4.69) is 0 Å². The standard InChI is InChI=1S/C21H14O5/c1-26-12-8-6-11(7-9-12)17-18-15(10-16(22)21(17)25)19(23)13-4-2-3-5-14(13)20(18)24/h2-10,22,25H,1H3. The molecule has 0 atom stereocenters. The fourth-order valence-electron chi connectivity index (χ4n) is 3.27. The highest BCUT2D eigenvalue weighted by atomic mass is 16.5. The highest BCUT2D eigenvalue weighted by Crippen LogP contribution is 2.44. The van der Waals surface area contributed by atoms with Gasteiger partial charge < -0.3 is 14.9 Å². The molecule has 0 fully saturated rings. The van der Waals surface area contributed by atoms with Crippen LogP contribution >= 0.6 is 0 Å². The molecule has 0 spiro atoms. The molecule has 128 valence electrons. The molecule has 3 aromatic carbocycles. The number of rotatable bonds is 2. The minimum atomic E-state index is -0.449. The number of hydrogen-bond donors (Lipinski definition) is 2. The van der Waals surface area contributed by atoms with Crippen LogP contribution in [-0.2, 0) is 0 Å². The van der Waals surface area contributed by atoms with E-state index in [0.717, 1.165) is 6.07 Å². The Kier molecular flexibility index (Phi) is 3.51. The lowest BCUT2D eigenvalue weighted by Crippen LogP contribution is -2.21. The van der Waals surface area contributed by atoms with Gasteiger partial charge in [0.2, 0.25) is 0 Å². The van der Waals surface area contributed by atoms with Crippen molar-refractivity contribution in [3.8, 4) is 28.4 Å². The summed E-state index contributed by atoms with van der Waals surface area (Å²) < 4.78 is 5.12. The second-order valence-corrected chi connectivity index (χ2v) is 5.97. The van der Waals surface area contributed by atoms with E-state index in [1.54, 1.807) is 48.5 Å². The molecule has 1 aliphatic rings. The number of carbonyl (C=O) groups excluding carboxylic acids is 2. The van der Waals surface area contributed by atoms with Crippen LogP contribution in [0.25, 0.3) is 11.1 Å². The van der Waals surface area contributed by atoms with E-state index < -0.39 is 11.5 Å². The number of ether oxygens (including phenoxy) is 1. The third-order valence-corrected chi connectivity index (χ3v) is 4.55. The molecule has 5 heteroatoms. The SMILES string of the molecule is COc1ccc(-c2c(O)c(O)cc3c2C(=O)c2ccccc2C3=O)cc1. The molecule has 0 heterocycles. The van der Waals surface area contributed by atoms with Gasteiger partial charge in [-0.1, -0.05) is 36.4 Å². The van der Waals surface area contributed by atoms with E-state index in [1.807, 2.05) is 0 Å². The summed E-state index contributed by atoms with van der Waals surface area (Å²) in [6.07, 6.45) is 0. The van der Waals surface area contributed by atoms with Gasteiger partial charge in [0, 0.05) is 27.8 Å². The molecular formula is C21H14O5. The van der Waals surface area contributed by atoms with E-state index in [-0.39, 0.29) is 39.4 Å². The average Bonchev–Trinajstić information content (AvgIpc) is 2.68. The number of ketones is 2. The molecule has 5 nitrogen and oxygen atoms in total. The number of methoxy groups -OCH3 is 1. The summed E-state index contributed by atoms with van der Waals surface area (Å²) in [5.74, 6) is -1.00. The van der Waals surface area contributed by atoms with Gasteiger partial charge in [-0.15, -0.1) is 0 Å². The van der Waals surface area contributed by atoms with Gasteiger partial charge in [-0.25, -0.2) is 0 Å². The Morgan fingerprint density at radius 2 is 1.38 bits per heavy atom.